The minimum atomic E-state index is -0.452. The van der Waals surface area contributed by atoms with Gasteiger partial charge in [-0.2, -0.15) is 0 Å². The summed E-state index contributed by atoms with van der Waals surface area (Å²) in [5.74, 6) is 1.09. The van der Waals surface area contributed by atoms with Crippen LogP contribution in [0.1, 0.15) is 56.8 Å². The van der Waals surface area contributed by atoms with Gasteiger partial charge in [-0.1, -0.05) is 42.6 Å². The second kappa shape index (κ2) is 7.91. The minimum absolute atomic E-state index is 0.304. The number of aryl methyl sites for hydroxylation is 1. The summed E-state index contributed by atoms with van der Waals surface area (Å²) in [6.07, 6.45) is 3.83. The molecule has 0 amide bonds. The predicted octanol–water partition coefficient (Wildman–Crippen LogP) is 5.02. The van der Waals surface area contributed by atoms with E-state index >= 15 is 0 Å². The van der Waals surface area contributed by atoms with Crippen LogP contribution in [0.25, 0.3) is 0 Å². The van der Waals surface area contributed by atoms with Gasteiger partial charge in [0.15, 0.2) is 0 Å². The molecule has 0 aliphatic rings. The zero-order valence-electron chi connectivity index (χ0n) is 12.4. The van der Waals surface area contributed by atoms with Crippen molar-refractivity contribution in [2.75, 3.05) is 7.11 Å². The number of rotatable bonds is 7. The standard InChI is InChI=1S/C16H25BrO2/c1-5-7-12(8-6-2)16(18)13-10-14(17)11(3)9-15(13)19-4/h9-10,12,16,18H,5-8H2,1-4H3. The van der Waals surface area contributed by atoms with Crippen LogP contribution in [0.15, 0.2) is 16.6 Å². The van der Waals surface area contributed by atoms with Crippen molar-refractivity contribution in [3.05, 3.63) is 27.7 Å². The largest absolute Gasteiger partial charge is 0.496 e. The summed E-state index contributed by atoms with van der Waals surface area (Å²) in [6, 6.07) is 3.98. The van der Waals surface area contributed by atoms with Gasteiger partial charge in [-0.05, 0) is 43.4 Å². The van der Waals surface area contributed by atoms with E-state index in [-0.39, 0.29) is 0 Å². The molecule has 0 radical (unpaired) electrons. The van der Waals surface area contributed by atoms with Crippen molar-refractivity contribution in [3.63, 3.8) is 0 Å². The Hall–Kier alpha value is -0.540. The number of halogens is 1. The Labute approximate surface area is 125 Å². The molecule has 0 aromatic heterocycles. The van der Waals surface area contributed by atoms with Crippen molar-refractivity contribution in [3.8, 4) is 5.75 Å². The van der Waals surface area contributed by atoms with Crippen LogP contribution in [0.5, 0.6) is 5.75 Å². The van der Waals surface area contributed by atoms with Crippen LogP contribution in [0.2, 0.25) is 0 Å². The fraction of sp³-hybridized carbons (Fsp3) is 0.625. The molecule has 0 bridgehead atoms. The van der Waals surface area contributed by atoms with Crippen LogP contribution >= 0.6 is 15.9 Å². The van der Waals surface area contributed by atoms with Crippen LogP contribution in [0.3, 0.4) is 0 Å². The Morgan fingerprint density at radius 2 is 1.79 bits per heavy atom. The molecular formula is C16H25BrO2. The monoisotopic (exact) mass is 328 g/mol. The molecule has 19 heavy (non-hydrogen) atoms. The molecule has 1 N–H and O–H groups in total. The van der Waals surface area contributed by atoms with Crippen molar-refractivity contribution in [2.24, 2.45) is 5.92 Å². The fourth-order valence-electron chi connectivity index (χ4n) is 2.53. The molecule has 0 fully saturated rings. The van der Waals surface area contributed by atoms with Crippen molar-refractivity contribution >= 4 is 15.9 Å². The quantitative estimate of drug-likeness (QED) is 0.761. The molecule has 0 saturated heterocycles. The van der Waals surface area contributed by atoms with E-state index in [0.717, 1.165) is 47.0 Å². The highest BCUT2D eigenvalue weighted by Crippen LogP contribution is 2.37. The van der Waals surface area contributed by atoms with Gasteiger partial charge in [0.05, 0.1) is 13.2 Å². The summed E-state index contributed by atoms with van der Waals surface area (Å²) in [7, 11) is 1.66. The van der Waals surface area contributed by atoms with Gasteiger partial charge in [0.25, 0.3) is 0 Å². The molecule has 0 saturated carbocycles. The number of hydrogen-bond acceptors (Lipinski definition) is 2. The Balaban J connectivity index is 3.08. The van der Waals surface area contributed by atoms with Gasteiger partial charge in [0, 0.05) is 10.0 Å². The van der Waals surface area contributed by atoms with Gasteiger partial charge in [-0.15, -0.1) is 0 Å². The van der Waals surface area contributed by atoms with Gasteiger partial charge in [0.2, 0.25) is 0 Å². The molecule has 0 aliphatic heterocycles. The predicted molar refractivity (Wildman–Crippen MR) is 83.7 cm³/mol. The molecule has 1 aromatic carbocycles. The first-order valence-electron chi connectivity index (χ1n) is 7.07. The van der Waals surface area contributed by atoms with Crippen molar-refractivity contribution in [2.45, 2.75) is 52.6 Å². The smallest absolute Gasteiger partial charge is 0.125 e. The third-order valence-electron chi connectivity index (χ3n) is 3.60. The van der Waals surface area contributed by atoms with E-state index in [9.17, 15) is 5.11 Å². The molecule has 108 valence electrons. The van der Waals surface area contributed by atoms with Gasteiger partial charge >= 0.3 is 0 Å². The van der Waals surface area contributed by atoms with E-state index in [4.69, 9.17) is 4.74 Å². The molecule has 1 unspecified atom stereocenters. The summed E-state index contributed by atoms with van der Waals surface area (Å²) in [5, 5.41) is 10.7. The van der Waals surface area contributed by atoms with Gasteiger partial charge in [-0.25, -0.2) is 0 Å². The van der Waals surface area contributed by atoms with E-state index in [2.05, 4.69) is 29.8 Å². The average molecular weight is 329 g/mol. The highest BCUT2D eigenvalue weighted by molar-refractivity contribution is 9.10. The van der Waals surface area contributed by atoms with Gasteiger partial charge < -0.3 is 9.84 Å². The van der Waals surface area contributed by atoms with Crippen LogP contribution in [0.4, 0.5) is 0 Å². The third-order valence-corrected chi connectivity index (χ3v) is 4.45. The number of aliphatic hydroxyl groups is 1. The molecule has 1 atom stereocenters. The highest BCUT2D eigenvalue weighted by Gasteiger charge is 2.23. The number of ether oxygens (including phenoxy) is 1. The normalized spacial score (nSPS) is 12.8. The molecule has 1 rings (SSSR count). The van der Waals surface area contributed by atoms with E-state index in [1.54, 1.807) is 7.11 Å². The average Bonchev–Trinajstić information content (AvgIpc) is 2.40. The van der Waals surface area contributed by atoms with Crippen molar-refractivity contribution in [1.82, 2.24) is 0 Å². The van der Waals surface area contributed by atoms with E-state index in [1.807, 2.05) is 19.1 Å². The Morgan fingerprint density at radius 3 is 2.26 bits per heavy atom. The van der Waals surface area contributed by atoms with Gasteiger partial charge in [-0.3, -0.25) is 0 Å². The number of benzene rings is 1. The number of hydrogen-bond donors (Lipinski definition) is 1. The zero-order valence-corrected chi connectivity index (χ0v) is 14.0. The van der Waals surface area contributed by atoms with Crippen LogP contribution < -0.4 is 4.74 Å². The maximum atomic E-state index is 10.7. The molecule has 3 heteroatoms. The summed E-state index contributed by atoms with van der Waals surface area (Å²) < 4.78 is 6.45. The summed E-state index contributed by atoms with van der Waals surface area (Å²) in [4.78, 5) is 0. The van der Waals surface area contributed by atoms with Crippen molar-refractivity contribution in [1.29, 1.82) is 0 Å². The SMILES string of the molecule is CCCC(CCC)C(O)c1cc(Br)c(C)cc1OC. The molecule has 0 spiro atoms. The maximum absolute atomic E-state index is 10.7. The first kappa shape index (κ1) is 16.5. The molecule has 0 heterocycles. The van der Waals surface area contributed by atoms with E-state index in [1.165, 1.54) is 0 Å². The number of aliphatic hydroxyl groups excluding tert-OH is 1. The Bertz CT molecular complexity index is 398. The molecular weight excluding hydrogens is 304 g/mol. The lowest BCUT2D eigenvalue weighted by atomic mass is 9.87. The van der Waals surface area contributed by atoms with E-state index in [0.29, 0.717) is 5.92 Å². The lowest BCUT2D eigenvalue weighted by Gasteiger charge is -2.24. The lowest BCUT2D eigenvalue weighted by Crippen LogP contribution is -2.14. The fourth-order valence-corrected chi connectivity index (χ4v) is 2.89. The third kappa shape index (κ3) is 4.22. The Kier molecular flexibility index (Phi) is 6.87. The summed E-state index contributed by atoms with van der Waals surface area (Å²) >= 11 is 3.54. The highest BCUT2D eigenvalue weighted by atomic mass is 79.9. The topological polar surface area (TPSA) is 29.5 Å². The minimum Gasteiger partial charge on any atom is -0.496 e. The summed E-state index contributed by atoms with van der Waals surface area (Å²) in [5.41, 5.74) is 2.02. The van der Waals surface area contributed by atoms with Crippen LogP contribution in [-0.4, -0.2) is 12.2 Å². The van der Waals surface area contributed by atoms with Crippen molar-refractivity contribution < 1.29 is 9.84 Å². The lowest BCUT2D eigenvalue weighted by molar-refractivity contribution is 0.0937. The Morgan fingerprint density at radius 1 is 1.21 bits per heavy atom. The first-order valence-corrected chi connectivity index (χ1v) is 7.86. The van der Waals surface area contributed by atoms with Crippen LogP contribution in [-0.2, 0) is 0 Å². The molecule has 0 aliphatic carbocycles. The van der Waals surface area contributed by atoms with Crippen LogP contribution in [0, 0.1) is 12.8 Å². The second-order valence-electron chi connectivity index (χ2n) is 5.13. The molecule has 1 aromatic rings. The maximum Gasteiger partial charge on any atom is 0.125 e. The van der Waals surface area contributed by atoms with E-state index < -0.39 is 6.10 Å². The van der Waals surface area contributed by atoms with Gasteiger partial charge in [0.1, 0.15) is 5.75 Å². The first-order chi connectivity index (χ1) is 9.04. The zero-order chi connectivity index (χ0) is 14.4. The summed E-state index contributed by atoms with van der Waals surface area (Å²) in [6.45, 7) is 6.35. The number of methoxy groups -OCH3 is 1. The second-order valence-corrected chi connectivity index (χ2v) is 5.98. The molecule has 2 nitrogen and oxygen atoms in total.